The SMILES string of the molecule is Cc1ccc(NC(=O)N2CC[C@@H](CC(F)(F)F)C2)cc1-c1cc(N[C@H](C)CO)nc([C@]23CCOC[C@H]2CC3)c1. The molecule has 7 nitrogen and oxygen atoms in total. The van der Waals surface area contributed by atoms with Crippen LogP contribution in [-0.2, 0) is 10.2 Å². The maximum Gasteiger partial charge on any atom is 0.389 e. The normalized spacial score (nSPS) is 25.5. The Morgan fingerprint density at radius 3 is 2.77 bits per heavy atom. The minimum Gasteiger partial charge on any atom is -0.394 e. The van der Waals surface area contributed by atoms with Gasteiger partial charge in [-0.1, -0.05) is 6.07 Å². The molecule has 1 aromatic carbocycles. The molecule has 2 aliphatic heterocycles. The number of pyridine rings is 1. The van der Waals surface area contributed by atoms with Gasteiger partial charge in [0.05, 0.1) is 18.9 Å². The van der Waals surface area contributed by atoms with E-state index < -0.39 is 18.5 Å². The van der Waals surface area contributed by atoms with Crippen LogP contribution in [0.4, 0.5) is 29.5 Å². The molecule has 3 aliphatic rings. The number of anilines is 2. The summed E-state index contributed by atoms with van der Waals surface area (Å²) in [7, 11) is 0. The summed E-state index contributed by atoms with van der Waals surface area (Å²) in [5.74, 6) is 0.564. The van der Waals surface area contributed by atoms with Gasteiger partial charge in [0.1, 0.15) is 5.82 Å². The molecule has 5 rings (SSSR count). The number of nitrogens with one attached hydrogen (secondary N) is 2. The fourth-order valence-corrected chi connectivity index (χ4v) is 6.25. The van der Waals surface area contributed by atoms with E-state index in [1.54, 1.807) is 0 Å². The number of nitrogens with zero attached hydrogens (tertiary/aromatic N) is 2. The number of aliphatic hydroxyl groups is 1. The Morgan fingerprint density at radius 1 is 1.26 bits per heavy atom. The Kier molecular flexibility index (Phi) is 7.79. The van der Waals surface area contributed by atoms with E-state index in [0.717, 1.165) is 48.3 Å². The zero-order chi connectivity index (χ0) is 27.8. The minimum atomic E-state index is -4.22. The number of aromatic nitrogens is 1. The van der Waals surface area contributed by atoms with Gasteiger partial charge in [-0.05, 0) is 92.3 Å². The Labute approximate surface area is 227 Å². The van der Waals surface area contributed by atoms with Crippen LogP contribution in [0, 0.1) is 18.8 Å². The number of aliphatic hydroxyl groups excluding tert-OH is 1. The van der Waals surface area contributed by atoms with Crippen LogP contribution in [0.5, 0.6) is 0 Å². The van der Waals surface area contributed by atoms with Crippen molar-refractivity contribution in [3.8, 4) is 11.1 Å². The molecule has 212 valence electrons. The number of alkyl halides is 3. The number of rotatable bonds is 7. The lowest BCUT2D eigenvalue weighted by atomic mass is 9.56. The van der Waals surface area contributed by atoms with Gasteiger partial charge in [-0.2, -0.15) is 13.2 Å². The van der Waals surface area contributed by atoms with Crippen molar-refractivity contribution in [3.05, 3.63) is 41.6 Å². The van der Waals surface area contributed by atoms with Crippen LogP contribution in [0.15, 0.2) is 30.3 Å². The van der Waals surface area contributed by atoms with E-state index in [2.05, 4.69) is 16.7 Å². The predicted molar refractivity (Wildman–Crippen MR) is 144 cm³/mol. The average Bonchev–Trinajstić information content (AvgIpc) is 3.33. The number of hydrogen-bond donors (Lipinski definition) is 3. The smallest absolute Gasteiger partial charge is 0.389 e. The molecule has 0 unspecified atom stereocenters. The number of benzene rings is 1. The highest BCUT2D eigenvalue weighted by molar-refractivity contribution is 5.90. The largest absolute Gasteiger partial charge is 0.394 e. The number of ether oxygens (including phenoxy) is 1. The number of carbonyl (C=O) groups is 1. The van der Waals surface area contributed by atoms with Crippen molar-refractivity contribution >= 4 is 17.5 Å². The molecule has 0 radical (unpaired) electrons. The molecule has 3 N–H and O–H groups in total. The molecule has 4 atom stereocenters. The van der Waals surface area contributed by atoms with Crippen molar-refractivity contribution in [2.45, 2.75) is 63.6 Å². The highest BCUT2D eigenvalue weighted by atomic mass is 19.4. The molecule has 2 saturated heterocycles. The Balaban J connectivity index is 1.40. The standard InChI is InChI=1S/C29H37F3N4O3/c1-18-3-4-23(34-27(38)36-9-6-20(15-36)14-29(30,31)32)13-24(18)21-11-25(35-26(12-21)33-19(2)16-37)28-7-5-22(28)17-39-10-8-28/h3-4,11-13,19-20,22,37H,5-10,14-17H2,1-2H3,(H,33,35)(H,34,38)/t19-,20+,22-,28-/m1/s1. The summed E-state index contributed by atoms with van der Waals surface area (Å²) in [4.78, 5) is 19.3. The number of carbonyl (C=O) groups excluding carboxylic acids is 1. The van der Waals surface area contributed by atoms with E-state index in [1.165, 1.54) is 4.90 Å². The van der Waals surface area contributed by atoms with Gasteiger partial charge in [0.15, 0.2) is 0 Å². The average molecular weight is 547 g/mol. The Bertz CT molecular complexity index is 1210. The summed E-state index contributed by atoms with van der Waals surface area (Å²) in [5.41, 5.74) is 4.50. The van der Waals surface area contributed by atoms with E-state index >= 15 is 0 Å². The number of hydrogen-bond acceptors (Lipinski definition) is 5. The number of halogens is 3. The lowest BCUT2D eigenvalue weighted by Crippen LogP contribution is -2.51. The summed E-state index contributed by atoms with van der Waals surface area (Å²) in [6.07, 6.45) is -1.64. The first-order valence-electron chi connectivity index (χ1n) is 13.8. The van der Waals surface area contributed by atoms with Gasteiger partial charge in [0.25, 0.3) is 0 Å². The topological polar surface area (TPSA) is 86.7 Å². The molecule has 0 spiro atoms. The van der Waals surface area contributed by atoms with Crippen molar-refractivity contribution in [2.75, 3.05) is 43.5 Å². The van der Waals surface area contributed by atoms with Crippen molar-refractivity contribution in [1.29, 1.82) is 0 Å². The van der Waals surface area contributed by atoms with Gasteiger partial charge in [-0.25, -0.2) is 9.78 Å². The van der Waals surface area contributed by atoms with Crippen LogP contribution in [0.3, 0.4) is 0 Å². The zero-order valence-corrected chi connectivity index (χ0v) is 22.5. The number of fused-ring (bicyclic) bond motifs is 1. The van der Waals surface area contributed by atoms with Crippen LogP contribution in [-0.4, -0.2) is 66.1 Å². The second kappa shape index (κ2) is 11.0. The molecule has 0 bridgehead atoms. The molecule has 1 aliphatic carbocycles. The van der Waals surface area contributed by atoms with E-state index in [0.29, 0.717) is 37.0 Å². The zero-order valence-electron chi connectivity index (χ0n) is 22.5. The van der Waals surface area contributed by atoms with Crippen LogP contribution < -0.4 is 10.6 Å². The molecule has 1 aromatic heterocycles. The molecule has 1 saturated carbocycles. The fraction of sp³-hybridized carbons (Fsp3) is 0.586. The molecular formula is C29H37F3N4O3. The van der Waals surface area contributed by atoms with Crippen molar-refractivity contribution < 1.29 is 27.8 Å². The summed E-state index contributed by atoms with van der Waals surface area (Å²) in [6, 6.07) is 9.21. The van der Waals surface area contributed by atoms with E-state index in [1.807, 2.05) is 38.1 Å². The maximum absolute atomic E-state index is 12.9. The highest BCUT2D eigenvalue weighted by Gasteiger charge is 2.51. The van der Waals surface area contributed by atoms with Gasteiger partial charge < -0.3 is 25.4 Å². The first kappa shape index (κ1) is 27.7. The van der Waals surface area contributed by atoms with Crippen LogP contribution in [0.25, 0.3) is 11.1 Å². The third kappa shape index (κ3) is 6.01. The Hall–Kier alpha value is -2.85. The lowest BCUT2D eigenvalue weighted by Gasteiger charge is -2.52. The van der Waals surface area contributed by atoms with Crippen LogP contribution in [0.2, 0.25) is 0 Å². The van der Waals surface area contributed by atoms with Crippen molar-refractivity contribution in [3.63, 3.8) is 0 Å². The van der Waals surface area contributed by atoms with Crippen LogP contribution >= 0.6 is 0 Å². The molecular weight excluding hydrogens is 509 g/mol. The fourth-order valence-electron chi connectivity index (χ4n) is 6.25. The first-order chi connectivity index (χ1) is 18.6. The number of likely N-dealkylation sites (tertiary alicyclic amines) is 1. The molecule has 10 heteroatoms. The summed E-state index contributed by atoms with van der Waals surface area (Å²) >= 11 is 0. The number of urea groups is 1. The van der Waals surface area contributed by atoms with Gasteiger partial charge in [0, 0.05) is 43.3 Å². The van der Waals surface area contributed by atoms with Gasteiger partial charge in [0.2, 0.25) is 0 Å². The van der Waals surface area contributed by atoms with Crippen molar-refractivity contribution in [2.24, 2.45) is 11.8 Å². The van der Waals surface area contributed by atoms with E-state index in [4.69, 9.17) is 9.72 Å². The van der Waals surface area contributed by atoms with Crippen LogP contribution in [0.1, 0.15) is 50.3 Å². The van der Waals surface area contributed by atoms with Crippen molar-refractivity contribution in [1.82, 2.24) is 9.88 Å². The quantitative estimate of drug-likeness (QED) is 0.413. The number of amides is 2. The summed E-state index contributed by atoms with van der Waals surface area (Å²) < 4.78 is 44.1. The maximum atomic E-state index is 12.9. The summed E-state index contributed by atoms with van der Waals surface area (Å²) in [5, 5.41) is 15.8. The Morgan fingerprint density at radius 2 is 2.08 bits per heavy atom. The van der Waals surface area contributed by atoms with Gasteiger partial charge in [-0.3, -0.25) is 0 Å². The highest BCUT2D eigenvalue weighted by Crippen LogP contribution is 2.53. The second-order valence-electron chi connectivity index (χ2n) is 11.5. The first-order valence-corrected chi connectivity index (χ1v) is 13.8. The summed E-state index contributed by atoms with van der Waals surface area (Å²) in [6.45, 7) is 5.73. The molecule has 2 aromatic rings. The van der Waals surface area contributed by atoms with E-state index in [-0.39, 0.29) is 30.6 Å². The van der Waals surface area contributed by atoms with Gasteiger partial charge in [-0.15, -0.1) is 0 Å². The minimum absolute atomic E-state index is 0.0183. The molecule has 3 heterocycles. The monoisotopic (exact) mass is 546 g/mol. The van der Waals surface area contributed by atoms with Gasteiger partial charge >= 0.3 is 12.2 Å². The predicted octanol–water partition coefficient (Wildman–Crippen LogP) is 5.72. The molecule has 2 amide bonds. The molecule has 3 fully saturated rings. The van der Waals surface area contributed by atoms with E-state index in [9.17, 15) is 23.1 Å². The number of aryl methyl sites for hydroxylation is 1. The molecule has 39 heavy (non-hydrogen) atoms. The third-order valence-corrected chi connectivity index (χ3v) is 8.63. The second-order valence-corrected chi connectivity index (χ2v) is 11.5. The lowest BCUT2D eigenvalue weighted by molar-refractivity contribution is -0.143. The third-order valence-electron chi connectivity index (χ3n) is 8.63.